The van der Waals surface area contributed by atoms with Crippen molar-refractivity contribution in [2.45, 2.75) is 13.0 Å². The zero-order valence-electron chi connectivity index (χ0n) is 10.2. The van der Waals surface area contributed by atoms with Crippen LogP contribution in [0.15, 0.2) is 36.5 Å². The lowest BCUT2D eigenvalue weighted by Gasteiger charge is -2.13. The van der Waals surface area contributed by atoms with Gasteiger partial charge in [0.15, 0.2) is 0 Å². The van der Waals surface area contributed by atoms with E-state index in [4.69, 9.17) is 16.3 Å². The molecule has 0 aliphatic heterocycles. The summed E-state index contributed by atoms with van der Waals surface area (Å²) in [7, 11) is 1.56. The van der Waals surface area contributed by atoms with Crippen LogP contribution in [0.1, 0.15) is 22.9 Å². The van der Waals surface area contributed by atoms with Gasteiger partial charge in [-0.2, -0.15) is 0 Å². The van der Waals surface area contributed by atoms with Crippen LogP contribution in [-0.2, 0) is 0 Å². The van der Waals surface area contributed by atoms with Gasteiger partial charge in [-0.3, -0.25) is 4.98 Å². The first kappa shape index (κ1) is 12.9. The molecule has 94 valence electrons. The highest BCUT2D eigenvalue weighted by atomic mass is 35.5. The Bertz CT molecular complexity index is 540. The molecule has 0 saturated carbocycles. The van der Waals surface area contributed by atoms with Gasteiger partial charge in [-0.25, -0.2) is 0 Å². The van der Waals surface area contributed by atoms with Gasteiger partial charge < -0.3 is 9.84 Å². The van der Waals surface area contributed by atoms with Crippen molar-refractivity contribution in [1.29, 1.82) is 0 Å². The van der Waals surface area contributed by atoms with Crippen LogP contribution in [0.3, 0.4) is 0 Å². The number of aryl methyl sites for hydroxylation is 1. The molecule has 1 N–H and O–H groups in total. The number of rotatable bonds is 3. The van der Waals surface area contributed by atoms with Gasteiger partial charge in [-0.15, -0.1) is 0 Å². The number of pyridine rings is 1. The second kappa shape index (κ2) is 5.38. The zero-order valence-corrected chi connectivity index (χ0v) is 11.0. The summed E-state index contributed by atoms with van der Waals surface area (Å²) >= 11 is 6.03. The lowest BCUT2D eigenvalue weighted by molar-refractivity contribution is 0.219. The van der Waals surface area contributed by atoms with E-state index in [2.05, 4.69) is 4.98 Å². The van der Waals surface area contributed by atoms with Crippen LogP contribution in [0, 0.1) is 6.92 Å². The first-order chi connectivity index (χ1) is 8.61. The van der Waals surface area contributed by atoms with Crippen molar-refractivity contribution in [2.24, 2.45) is 0 Å². The van der Waals surface area contributed by atoms with Crippen LogP contribution in [0.2, 0.25) is 5.02 Å². The van der Waals surface area contributed by atoms with Crippen molar-refractivity contribution < 1.29 is 9.84 Å². The van der Waals surface area contributed by atoms with Gasteiger partial charge in [-0.1, -0.05) is 23.7 Å². The van der Waals surface area contributed by atoms with E-state index < -0.39 is 6.10 Å². The molecule has 1 unspecified atom stereocenters. The van der Waals surface area contributed by atoms with Crippen LogP contribution in [-0.4, -0.2) is 17.2 Å². The molecule has 0 saturated heterocycles. The topological polar surface area (TPSA) is 42.4 Å². The van der Waals surface area contributed by atoms with Gasteiger partial charge in [0, 0.05) is 17.5 Å². The summed E-state index contributed by atoms with van der Waals surface area (Å²) in [5, 5.41) is 10.7. The average Bonchev–Trinajstić information content (AvgIpc) is 2.38. The monoisotopic (exact) mass is 263 g/mol. The Kier molecular flexibility index (Phi) is 3.84. The summed E-state index contributed by atoms with van der Waals surface area (Å²) in [6.07, 6.45) is 0.930. The first-order valence-electron chi connectivity index (χ1n) is 5.56. The van der Waals surface area contributed by atoms with E-state index in [0.717, 1.165) is 11.3 Å². The second-order valence-electron chi connectivity index (χ2n) is 4.03. The van der Waals surface area contributed by atoms with Crippen molar-refractivity contribution >= 4 is 11.6 Å². The Morgan fingerprint density at radius 1 is 1.22 bits per heavy atom. The molecule has 0 bridgehead atoms. The molecule has 2 aromatic rings. The molecule has 0 amide bonds. The van der Waals surface area contributed by atoms with Gasteiger partial charge in [-0.05, 0) is 30.7 Å². The standard InChI is InChI=1S/C14H14ClNO2/c1-9-3-4-11(8-16-9)14(17)10-5-6-13(18-2)12(15)7-10/h3-8,14,17H,1-2H3. The fraction of sp³-hybridized carbons (Fsp3) is 0.214. The third-order valence-corrected chi connectivity index (χ3v) is 3.04. The Morgan fingerprint density at radius 2 is 1.94 bits per heavy atom. The molecule has 1 heterocycles. The molecule has 1 aromatic heterocycles. The van der Waals surface area contributed by atoms with Crippen molar-refractivity contribution in [3.63, 3.8) is 0 Å². The van der Waals surface area contributed by atoms with Crippen molar-refractivity contribution in [3.05, 3.63) is 58.4 Å². The molecular formula is C14H14ClNO2. The van der Waals surface area contributed by atoms with Crippen molar-refractivity contribution in [1.82, 2.24) is 4.98 Å². The fourth-order valence-electron chi connectivity index (χ4n) is 1.69. The third kappa shape index (κ3) is 2.63. The number of halogens is 1. The summed E-state index contributed by atoms with van der Waals surface area (Å²) in [4.78, 5) is 4.16. The summed E-state index contributed by atoms with van der Waals surface area (Å²) in [5.74, 6) is 0.592. The molecular weight excluding hydrogens is 250 g/mol. The fourth-order valence-corrected chi connectivity index (χ4v) is 1.95. The van der Waals surface area contributed by atoms with Gasteiger partial charge in [0.05, 0.1) is 12.1 Å². The number of hydrogen-bond acceptors (Lipinski definition) is 3. The smallest absolute Gasteiger partial charge is 0.137 e. The molecule has 0 spiro atoms. The maximum absolute atomic E-state index is 10.2. The molecule has 1 atom stereocenters. The summed E-state index contributed by atoms with van der Waals surface area (Å²) in [6, 6.07) is 8.94. The zero-order chi connectivity index (χ0) is 13.1. The van der Waals surface area contributed by atoms with Crippen LogP contribution >= 0.6 is 11.6 Å². The van der Waals surface area contributed by atoms with Gasteiger partial charge in [0.1, 0.15) is 11.9 Å². The highest BCUT2D eigenvalue weighted by Gasteiger charge is 2.12. The molecule has 0 radical (unpaired) electrons. The van der Waals surface area contributed by atoms with E-state index in [1.165, 1.54) is 0 Å². The highest BCUT2D eigenvalue weighted by molar-refractivity contribution is 6.32. The van der Waals surface area contributed by atoms with Crippen molar-refractivity contribution in [2.75, 3.05) is 7.11 Å². The number of hydrogen-bond donors (Lipinski definition) is 1. The van der Waals surface area contributed by atoms with Gasteiger partial charge in [0.25, 0.3) is 0 Å². The summed E-state index contributed by atoms with van der Waals surface area (Å²) in [5.41, 5.74) is 2.37. The minimum absolute atomic E-state index is 0.481. The Labute approximate surface area is 111 Å². The molecule has 3 nitrogen and oxygen atoms in total. The quantitative estimate of drug-likeness (QED) is 0.925. The molecule has 2 rings (SSSR count). The number of nitrogens with zero attached hydrogens (tertiary/aromatic N) is 1. The van der Waals surface area contributed by atoms with Crippen LogP contribution in [0.5, 0.6) is 5.75 Å². The molecule has 4 heteroatoms. The number of aliphatic hydroxyl groups is 1. The maximum Gasteiger partial charge on any atom is 0.137 e. The Hall–Kier alpha value is -1.58. The number of aromatic nitrogens is 1. The SMILES string of the molecule is COc1ccc(C(O)c2ccc(C)nc2)cc1Cl. The minimum atomic E-state index is -0.735. The van der Waals surface area contributed by atoms with E-state index >= 15 is 0 Å². The number of methoxy groups -OCH3 is 1. The summed E-state index contributed by atoms with van der Waals surface area (Å²) < 4.78 is 5.08. The summed E-state index contributed by atoms with van der Waals surface area (Å²) in [6.45, 7) is 1.90. The lowest BCUT2D eigenvalue weighted by Crippen LogP contribution is -2.01. The van der Waals surface area contributed by atoms with E-state index in [1.807, 2.05) is 19.1 Å². The van der Waals surface area contributed by atoms with E-state index in [0.29, 0.717) is 16.3 Å². The molecule has 1 aromatic carbocycles. The predicted octanol–water partition coefficient (Wildman–Crippen LogP) is 3.13. The number of benzene rings is 1. The molecule has 0 aliphatic rings. The highest BCUT2D eigenvalue weighted by Crippen LogP contribution is 2.29. The van der Waals surface area contributed by atoms with Crippen LogP contribution < -0.4 is 4.74 Å². The first-order valence-corrected chi connectivity index (χ1v) is 5.93. The minimum Gasteiger partial charge on any atom is -0.495 e. The Morgan fingerprint density at radius 3 is 2.50 bits per heavy atom. The second-order valence-corrected chi connectivity index (χ2v) is 4.44. The van der Waals surface area contributed by atoms with Crippen LogP contribution in [0.25, 0.3) is 0 Å². The molecule has 0 aliphatic carbocycles. The third-order valence-electron chi connectivity index (χ3n) is 2.74. The predicted molar refractivity (Wildman–Crippen MR) is 71.0 cm³/mol. The van der Waals surface area contributed by atoms with E-state index in [1.54, 1.807) is 31.5 Å². The average molecular weight is 264 g/mol. The van der Waals surface area contributed by atoms with Gasteiger partial charge >= 0.3 is 0 Å². The number of aliphatic hydroxyl groups excluding tert-OH is 1. The Balaban J connectivity index is 2.31. The van der Waals surface area contributed by atoms with E-state index in [9.17, 15) is 5.11 Å². The lowest BCUT2D eigenvalue weighted by atomic mass is 10.0. The molecule has 18 heavy (non-hydrogen) atoms. The van der Waals surface area contributed by atoms with E-state index in [-0.39, 0.29) is 0 Å². The maximum atomic E-state index is 10.2. The van der Waals surface area contributed by atoms with Crippen molar-refractivity contribution in [3.8, 4) is 5.75 Å². The van der Waals surface area contributed by atoms with Gasteiger partial charge in [0.2, 0.25) is 0 Å². The normalized spacial score (nSPS) is 12.2. The number of ether oxygens (including phenoxy) is 1. The van der Waals surface area contributed by atoms with Crippen LogP contribution in [0.4, 0.5) is 0 Å². The molecule has 0 fully saturated rings. The largest absolute Gasteiger partial charge is 0.495 e.